The topological polar surface area (TPSA) is 87.4 Å². The molecule has 30 heavy (non-hydrogen) atoms. The maximum Gasteiger partial charge on any atom is 0.225 e. The van der Waals surface area contributed by atoms with Gasteiger partial charge in [-0.25, -0.2) is 0 Å². The molecule has 0 bridgehead atoms. The van der Waals surface area contributed by atoms with Gasteiger partial charge in [-0.05, 0) is 39.0 Å². The molecule has 2 fully saturated rings. The van der Waals surface area contributed by atoms with Gasteiger partial charge in [0.2, 0.25) is 5.91 Å². The average Bonchev–Trinajstić information content (AvgIpc) is 3.48. The molecule has 1 saturated carbocycles. The summed E-state index contributed by atoms with van der Waals surface area (Å²) in [5.74, 6) is 3.67. The Morgan fingerprint density at radius 3 is 2.80 bits per heavy atom. The number of hydrogen-bond acceptors (Lipinski definition) is 4. The summed E-state index contributed by atoms with van der Waals surface area (Å²) in [6, 6.07) is 0.275. The molecular formula is C22H37N7O. The molecule has 1 aromatic heterocycles. The van der Waals surface area contributed by atoms with Crippen molar-refractivity contribution in [3.05, 3.63) is 11.6 Å². The number of hydrogen-bond donors (Lipinski definition) is 2. The number of aromatic nitrogens is 3. The van der Waals surface area contributed by atoms with E-state index in [2.05, 4.69) is 37.2 Å². The summed E-state index contributed by atoms with van der Waals surface area (Å²) < 4.78 is 2.30. The van der Waals surface area contributed by atoms with Crippen molar-refractivity contribution in [1.29, 1.82) is 0 Å². The van der Waals surface area contributed by atoms with Gasteiger partial charge in [0, 0.05) is 57.5 Å². The van der Waals surface area contributed by atoms with Gasteiger partial charge in [-0.15, -0.1) is 10.2 Å². The number of amides is 1. The third kappa shape index (κ3) is 5.13. The normalized spacial score (nSPS) is 22.8. The van der Waals surface area contributed by atoms with E-state index < -0.39 is 0 Å². The fourth-order valence-electron chi connectivity index (χ4n) is 5.02. The first kappa shape index (κ1) is 21.1. The number of likely N-dealkylation sites (tertiary alicyclic amines) is 1. The molecular weight excluding hydrogens is 378 g/mol. The number of nitrogens with zero attached hydrogens (tertiary/aromatic N) is 5. The Hall–Kier alpha value is -2.12. The Morgan fingerprint density at radius 2 is 1.97 bits per heavy atom. The quantitative estimate of drug-likeness (QED) is 0.547. The van der Waals surface area contributed by atoms with Crippen LogP contribution in [0.5, 0.6) is 0 Å². The Labute approximate surface area is 179 Å². The van der Waals surface area contributed by atoms with Crippen molar-refractivity contribution in [2.45, 2.75) is 83.7 Å². The molecule has 0 radical (unpaired) electrons. The molecule has 8 nitrogen and oxygen atoms in total. The monoisotopic (exact) mass is 415 g/mol. The number of fused-ring (bicyclic) bond motifs is 1. The van der Waals surface area contributed by atoms with Crippen molar-refractivity contribution in [1.82, 2.24) is 30.3 Å². The average molecular weight is 416 g/mol. The molecule has 1 saturated heterocycles. The predicted molar refractivity (Wildman–Crippen MR) is 117 cm³/mol. The van der Waals surface area contributed by atoms with E-state index in [-0.39, 0.29) is 12.0 Å². The minimum Gasteiger partial charge on any atom is -0.357 e. The number of rotatable bonds is 6. The van der Waals surface area contributed by atoms with Crippen molar-refractivity contribution in [3.63, 3.8) is 0 Å². The maximum atomic E-state index is 12.7. The molecule has 1 aliphatic carbocycles. The summed E-state index contributed by atoms with van der Waals surface area (Å²) in [6.07, 6.45) is 11.1. The SMILES string of the molecule is CCNC(=NCCc1nnc2n1CCCCC2)NC1CCN(C(=O)C2CCCC2)C1. The fourth-order valence-corrected chi connectivity index (χ4v) is 5.02. The van der Waals surface area contributed by atoms with Crippen LogP contribution in [0.15, 0.2) is 4.99 Å². The molecule has 3 heterocycles. The summed E-state index contributed by atoms with van der Waals surface area (Å²) in [4.78, 5) is 19.5. The Morgan fingerprint density at radius 1 is 1.10 bits per heavy atom. The van der Waals surface area contributed by atoms with Crippen LogP contribution in [0, 0.1) is 5.92 Å². The molecule has 1 amide bonds. The lowest BCUT2D eigenvalue weighted by atomic mass is 10.1. The van der Waals surface area contributed by atoms with Gasteiger partial charge in [0.1, 0.15) is 11.6 Å². The van der Waals surface area contributed by atoms with Crippen LogP contribution in [-0.2, 0) is 24.2 Å². The minimum absolute atomic E-state index is 0.268. The third-order valence-electron chi connectivity index (χ3n) is 6.68. The van der Waals surface area contributed by atoms with Crippen LogP contribution in [0.1, 0.15) is 69.9 Å². The van der Waals surface area contributed by atoms with E-state index in [0.29, 0.717) is 12.5 Å². The zero-order chi connectivity index (χ0) is 20.8. The van der Waals surface area contributed by atoms with Crippen LogP contribution in [0.4, 0.5) is 0 Å². The summed E-state index contributed by atoms with van der Waals surface area (Å²) >= 11 is 0. The lowest BCUT2D eigenvalue weighted by Crippen LogP contribution is -2.45. The zero-order valence-corrected chi connectivity index (χ0v) is 18.4. The molecule has 4 rings (SSSR count). The highest BCUT2D eigenvalue weighted by molar-refractivity contribution is 5.81. The summed E-state index contributed by atoms with van der Waals surface area (Å²) in [5.41, 5.74) is 0. The lowest BCUT2D eigenvalue weighted by molar-refractivity contribution is -0.134. The number of nitrogens with one attached hydrogen (secondary N) is 2. The van der Waals surface area contributed by atoms with Crippen LogP contribution in [-0.4, -0.2) is 63.8 Å². The van der Waals surface area contributed by atoms with Crippen LogP contribution in [0.25, 0.3) is 0 Å². The second-order valence-electron chi connectivity index (χ2n) is 8.90. The molecule has 1 atom stereocenters. The maximum absolute atomic E-state index is 12.7. The predicted octanol–water partition coefficient (Wildman–Crippen LogP) is 1.89. The van der Waals surface area contributed by atoms with E-state index >= 15 is 0 Å². The molecule has 3 aliphatic rings. The van der Waals surface area contributed by atoms with E-state index in [1.807, 2.05) is 0 Å². The van der Waals surface area contributed by atoms with Crippen LogP contribution < -0.4 is 10.6 Å². The van der Waals surface area contributed by atoms with Gasteiger partial charge >= 0.3 is 0 Å². The Bertz CT molecular complexity index is 738. The van der Waals surface area contributed by atoms with E-state index in [4.69, 9.17) is 4.99 Å². The van der Waals surface area contributed by atoms with Crippen molar-refractivity contribution in [2.75, 3.05) is 26.2 Å². The second-order valence-corrected chi connectivity index (χ2v) is 8.90. The first-order valence-electron chi connectivity index (χ1n) is 12.0. The van der Waals surface area contributed by atoms with Gasteiger partial charge in [0.15, 0.2) is 5.96 Å². The molecule has 1 aromatic rings. The van der Waals surface area contributed by atoms with Crippen molar-refractivity contribution < 1.29 is 4.79 Å². The molecule has 1 unspecified atom stereocenters. The van der Waals surface area contributed by atoms with Crippen LogP contribution in [0.2, 0.25) is 0 Å². The highest BCUT2D eigenvalue weighted by atomic mass is 16.2. The fraction of sp³-hybridized carbons (Fsp3) is 0.818. The van der Waals surface area contributed by atoms with Crippen molar-refractivity contribution >= 4 is 11.9 Å². The smallest absolute Gasteiger partial charge is 0.225 e. The third-order valence-corrected chi connectivity index (χ3v) is 6.68. The van der Waals surface area contributed by atoms with E-state index in [1.54, 1.807) is 0 Å². The van der Waals surface area contributed by atoms with Crippen molar-refractivity contribution in [3.8, 4) is 0 Å². The number of carbonyl (C=O) groups is 1. The van der Waals surface area contributed by atoms with Gasteiger partial charge < -0.3 is 20.1 Å². The van der Waals surface area contributed by atoms with Gasteiger partial charge in [0.25, 0.3) is 0 Å². The zero-order valence-electron chi connectivity index (χ0n) is 18.4. The lowest BCUT2D eigenvalue weighted by Gasteiger charge is -2.21. The summed E-state index contributed by atoms with van der Waals surface area (Å²) in [5, 5.41) is 15.7. The number of aliphatic imine (C=N–C) groups is 1. The number of guanidine groups is 1. The first-order chi connectivity index (χ1) is 14.7. The van der Waals surface area contributed by atoms with Crippen LogP contribution >= 0.6 is 0 Å². The van der Waals surface area contributed by atoms with E-state index in [0.717, 1.165) is 75.9 Å². The van der Waals surface area contributed by atoms with Gasteiger partial charge in [-0.2, -0.15) is 0 Å². The molecule has 8 heteroatoms. The molecule has 2 aliphatic heterocycles. The minimum atomic E-state index is 0.268. The van der Waals surface area contributed by atoms with Crippen LogP contribution in [0.3, 0.4) is 0 Å². The van der Waals surface area contributed by atoms with Gasteiger partial charge in [0.05, 0.1) is 0 Å². The largest absolute Gasteiger partial charge is 0.357 e. The molecule has 2 N–H and O–H groups in total. The second kappa shape index (κ2) is 10.3. The molecule has 0 spiro atoms. The number of carbonyl (C=O) groups excluding carboxylic acids is 1. The van der Waals surface area contributed by atoms with Gasteiger partial charge in [-0.1, -0.05) is 19.3 Å². The van der Waals surface area contributed by atoms with Crippen molar-refractivity contribution in [2.24, 2.45) is 10.9 Å². The van der Waals surface area contributed by atoms with Gasteiger partial charge in [-0.3, -0.25) is 9.79 Å². The number of aryl methyl sites for hydroxylation is 1. The molecule has 166 valence electrons. The molecule has 0 aromatic carbocycles. The Balaban J connectivity index is 1.29. The van der Waals surface area contributed by atoms with E-state index in [9.17, 15) is 4.79 Å². The highest BCUT2D eigenvalue weighted by Crippen LogP contribution is 2.27. The summed E-state index contributed by atoms with van der Waals surface area (Å²) in [7, 11) is 0. The Kier molecular flexibility index (Phi) is 7.23. The standard InChI is InChI=1S/C22H37N7O/c1-2-23-22(24-13-11-20-27-26-19-10-4-3-7-14-29(19)20)25-18-12-15-28(16-18)21(30)17-8-5-6-9-17/h17-18H,2-16H2,1H3,(H2,23,24,25). The summed E-state index contributed by atoms with van der Waals surface area (Å²) in [6.45, 7) is 6.27. The first-order valence-corrected chi connectivity index (χ1v) is 12.0. The van der Waals surface area contributed by atoms with E-state index in [1.165, 1.54) is 32.1 Å². The highest BCUT2D eigenvalue weighted by Gasteiger charge is 2.32.